The van der Waals surface area contributed by atoms with Gasteiger partial charge in [-0.2, -0.15) is 8.42 Å². The van der Waals surface area contributed by atoms with E-state index in [0.29, 0.717) is 6.04 Å². The lowest BCUT2D eigenvalue weighted by Crippen LogP contribution is -2.50. The van der Waals surface area contributed by atoms with Crippen molar-refractivity contribution in [1.29, 1.82) is 0 Å². The molecule has 20 heavy (non-hydrogen) atoms. The van der Waals surface area contributed by atoms with Crippen LogP contribution in [-0.2, 0) is 10.1 Å². The van der Waals surface area contributed by atoms with E-state index in [1.54, 1.807) is 12.1 Å². The van der Waals surface area contributed by atoms with E-state index in [-0.39, 0.29) is 4.90 Å². The van der Waals surface area contributed by atoms with Crippen molar-refractivity contribution in [2.24, 2.45) is 0 Å². The maximum Gasteiger partial charge on any atom is 0.294 e. The van der Waals surface area contributed by atoms with Gasteiger partial charge in [0.1, 0.15) is 6.04 Å². The Hall–Kier alpha value is -0.910. The molecule has 0 saturated carbocycles. The smallest absolute Gasteiger partial charge is 0.294 e. The summed E-state index contributed by atoms with van der Waals surface area (Å²) >= 11 is 0. The largest absolute Gasteiger partial charge is 0.320 e. The van der Waals surface area contributed by atoms with Crippen molar-refractivity contribution in [3.63, 3.8) is 0 Å². The third-order valence-electron chi connectivity index (χ3n) is 4.78. The Bertz CT molecular complexity index is 597. The molecule has 1 aliphatic rings. The molecule has 2 unspecified atom stereocenters. The first kappa shape index (κ1) is 15.5. The van der Waals surface area contributed by atoms with E-state index in [1.165, 1.54) is 18.9 Å². The number of nitrogens with zero attached hydrogens (tertiary/aromatic N) is 1. The minimum atomic E-state index is -4.13. The predicted octanol–water partition coefficient (Wildman–Crippen LogP) is 2.93. The van der Waals surface area contributed by atoms with Crippen LogP contribution in [0.3, 0.4) is 0 Å². The summed E-state index contributed by atoms with van der Waals surface area (Å²) in [7, 11) is -1.89. The van der Waals surface area contributed by atoms with Crippen LogP contribution in [0, 0.1) is 6.92 Å². The summed E-state index contributed by atoms with van der Waals surface area (Å²) < 4.78 is 32.9. The molecule has 0 aliphatic carbocycles. The van der Waals surface area contributed by atoms with Crippen molar-refractivity contribution < 1.29 is 17.5 Å². The second-order valence-electron chi connectivity index (χ2n) is 6.02. The monoisotopic (exact) mass is 298 g/mol. The van der Waals surface area contributed by atoms with Gasteiger partial charge in [-0.3, -0.25) is 4.55 Å². The molecule has 2 rings (SSSR count). The van der Waals surface area contributed by atoms with Gasteiger partial charge in [-0.15, -0.1) is 0 Å². The van der Waals surface area contributed by atoms with Crippen LogP contribution < -0.4 is 0 Å². The highest BCUT2D eigenvalue weighted by atomic mass is 32.2. The lowest BCUT2D eigenvalue weighted by molar-refractivity contribution is -0.942. The fraction of sp³-hybridized carbons (Fsp3) is 0.600. The Balaban J connectivity index is 2.50. The molecule has 1 aromatic rings. The normalized spacial score (nSPS) is 27.5. The van der Waals surface area contributed by atoms with Gasteiger partial charge in [-0.1, -0.05) is 6.07 Å². The van der Waals surface area contributed by atoms with Crippen LogP contribution in [0.25, 0.3) is 0 Å². The number of likely N-dealkylation sites (tertiary alicyclic amines) is 1. The first-order chi connectivity index (χ1) is 9.28. The van der Waals surface area contributed by atoms with E-state index in [0.717, 1.165) is 35.1 Å². The highest BCUT2D eigenvalue weighted by Gasteiger charge is 2.36. The van der Waals surface area contributed by atoms with Crippen molar-refractivity contribution in [2.75, 3.05) is 20.1 Å². The number of rotatable bonds is 3. The average molecular weight is 298 g/mol. The summed E-state index contributed by atoms with van der Waals surface area (Å²) in [5, 5.41) is 0. The molecule has 5 heteroatoms. The van der Waals surface area contributed by atoms with E-state index in [9.17, 15) is 13.0 Å². The van der Waals surface area contributed by atoms with Gasteiger partial charge < -0.3 is 4.48 Å². The Labute approximate surface area is 121 Å². The average Bonchev–Trinajstić information content (AvgIpc) is 2.39. The molecule has 0 amide bonds. The first-order valence-electron chi connectivity index (χ1n) is 7.20. The third-order valence-corrected chi connectivity index (χ3v) is 5.63. The topological polar surface area (TPSA) is 54.4 Å². The van der Waals surface area contributed by atoms with Gasteiger partial charge in [0.05, 0.1) is 25.0 Å². The molecule has 2 atom stereocenters. The van der Waals surface area contributed by atoms with Gasteiger partial charge >= 0.3 is 0 Å². The maximum absolute atomic E-state index is 11.4. The Morgan fingerprint density at radius 2 is 2.05 bits per heavy atom. The van der Waals surface area contributed by atoms with Crippen molar-refractivity contribution in [1.82, 2.24) is 0 Å². The molecule has 1 fully saturated rings. The van der Waals surface area contributed by atoms with Crippen LogP contribution in [0.5, 0.6) is 0 Å². The fourth-order valence-corrected chi connectivity index (χ4v) is 3.80. The van der Waals surface area contributed by atoms with E-state index < -0.39 is 10.1 Å². The van der Waals surface area contributed by atoms with Crippen molar-refractivity contribution >= 4 is 10.1 Å². The van der Waals surface area contributed by atoms with Gasteiger partial charge in [-0.25, -0.2) is 0 Å². The number of quaternary nitrogens is 1. The summed E-state index contributed by atoms with van der Waals surface area (Å²) in [5.41, 5.74) is 2.16. The lowest BCUT2D eigenvalue weighted by Gasteiger charge is -2.45. The molecular formula is C15H24NO3S+. The van der Waals surface area contributed by atoms with Crippen LogP contribution in [0.15, 0.2) is 23.1 Å². The summed E-state index contributed by atoms with van der Waals surface area (Å²) in [6.45, 7) is 6.34. The Morgan fingerprint density at radius 1 is 1.35 bits per heavy atom. The standard InChI is InChI=1S/C15H23NO3S/c1-4-16(3)10-6-5-7-15(16)14-11-13(20(17,18)19)9-8-12(14)2/h8-9,11,15H,4-7,10H2,1-3H3/p+1. The number of hydrogen-bond acceptors (Lipinski definition) is 2. The van der Waals surface area contributed by atoms with Gasteiger partial charge in [0.15, 0.2) is 0 Å². The van der Waals surface area contributed by atoms with Gasteiger partial charge in [0.25, 0.3) is 10.1 Å². The van der Waals surface area contributed by atoms with Gasteiger partial charge in [-0.05, 0) is 44.4 Å². The minimum absolute atomic E-state index is 0.00586. The van der Waals surface area contributed by atoms with Crippen LogP contribution >= 0.6 is 0 Å². The van der Waals surface area contributed by atoms with E-state index in [4.69, 9.17) is 0 Å². The lowest BCUT2D eigenvalue weighted by atomic mass is 9.90. The minimum Gasteiger partial charge on any atom is -0.320 e. The molecule has 4 nitrogen and oxygen atoms in total. The second-order valence-corrected chi connectivity index (χ2v) is 7.45. The number of hydrogen-bond donors (Lipinski definition) is 1. The summed E-state index contributed by atoms with van der Waals surface area (Å²) in [5.74, 6) is 0. The third kappa shape index (κ3) is 2.90. The van der Waals surface area contributed by atoms with Crippen LogP contribution in [-0.4, -0.2) is 37.6 Å². The molecule has 0 aromatic heterocycles. The van der Waals surface area contributed by atoms with Gasteiger partial charge in [0, 0.05) is 12.0 Å². The molecule has 0 spiro atoms. The maximum atomic E-state index is 11.4. The highest BCUT2D eigenvalue weighted by molar-refractivity contribution is 7.85. The molecule has 1 saturated heterocycles. The number of aryl methyl sites for hydroxylation is 1. The molecule has 1 aromatic carbocycles. The zero-order valence-electron chi connectivity index (χ0n) is 12.5. The molecule has 1 aliphatic heterocycles. The number of benzene rings is 1. The van der Waals surface area contributed by atoms with Crippen LogP contribution in [0.1, 0.15) is 43.4 Å². The zero-order chi connectivity index (χ0) is 15.0. The Morgan fingerprint density at radius 3 is 2.65 bits per heavy atom. The molecular weight excluding hydrogens is 274 g/mol. The quantitative estimate of drug-likeness (QED) is 0.689. The van der Waals surface area contributed by atoms with E-state index in [1.807, 2.05) is 6.92 Å². The molecule has 0 radical (unpaired) electrons. The summed E-state index contributed by atoms with van der Waals surface area (Å²) in [6, 6.07) is 5.25. The van der Waals surface area contributed by atoms with Crippen LogP contribution in [0.4, 0.5) is 0 Å². The molecule has 112 valence electrons. The highest BCUT2D eigenvalue weighted by Crippen LogP contribution is 2.38. The van der Waals surface area contributed by atoms with Gasteiger partial charge in [0.2, 0.25) is 0 Å². The van der Waals surface area contributed by atoms with E-state index in [2.05, 4.69) is 14.0 Å². The predicted molar refractivity (Wildman–Crippen MR) is 79.2 cm³/mol. The SMILES string of the molecule is CC[N+]1(C)CCCCC1c1cc(S(=O)(=O)O)ccc1C. The summed E-state index contributed by atoms with van der Waals surface area (Å²) in [4.78, 5) is 0.00586. The molecule has 0 bridgehead atoms. The zero-order valence-corrected chi connectivity index (χ0v) is 13.3. The van der Waals surface area contributed by atoms with Crippen LogP contribution in [0.2, 0.25) is 0 Å². The second kappa shape index (κ2) is 5.47. The fourth-order valence-electron chi connectivity index (χ4n) is 3.29. The number of piperidine rings is 1. The van der Waals surface area contributed by atoms with E-state index >= 15 is 0 Å². The van der Waals surface area contributed by atoms with Crippen molar-refractivity contribution in [2.45, 2.75) is 44.0 Å². The first-order valence-corrected chi connectivity index (χ1v) is 8.64. The summed E-state index contributed by atoms with van der Waals surface area (Å²) in [6.07, 6.45) is 3.46. The van der Waals surface area contributed by atoms with Crippen molar-refractivity contribution in [3.05, 3.63) is 29.3 Å². The van der Waals surface area contributed by atoms with Crippen molar-refractivity contribution in [3.8, 4) is 0 Å². The Kier molecular flexibility index (Phi) is 4.23. The molecule has 1 N–H and O–H groups in total. The molecule has 1 heterocycles.